The molecule has 0 aliphatic rings. The summed E-state index contributed by atoms with van der Waals surface area (Å²) in [6.45, 7) is 5.14. The standard InChI is InChI=1S/C16H18ClFN2O/c1-3-8-19-11(2)16-7-5-13(10-20-16)21-12-4-6-15(18)14(17)9-12/h4-7,9-11,19H,3,8H2,1-2H3. The number of ether oxygens (including phenoxy) is 1. The quantitative estimate of drug-likeness (QED) is 0.838. The van der Waals surface area contributed by atoms with Gasteiger partial charge in [0.25, 0.3) is 0 Å². The molecule has 0 bridgehead atoms. The Balaban J connectivity index is 2.03. The van der Waals surface area contributed by atoms with Crippen LogP contribution < -0.4 is 10.1 Å². The van der Waals surface area contributed by atoms with Crippen molar-refractivity contribution in [3.05, 3.63) is 53.1 Å². The van der Waals surface area contributed by atoms with Crippen molar-refractivity contribution in [1.82, 2.24) is 10.3 Å². The van der Waals surface area contributed by atoms with Gasteiger partial charge in [-0.1, -0.05) is 18.5 Å². The largest absolute Gasteiger partial charge is 0.456 e. The molecule has 21 heavy (non-hydrogen) atoms. The second kappa shape index (κ2) is 7.38. The van der Waals surface area contributed by atoms with Crippen LogP contribution in [0.3, 0.4) is 0 Å². The molecular formula is C16H18ClFN2O. The van der Waals surface area contributed by atoms with Crippen LogP contribution >= 0.6 is 11.6 Å². The molecule has 0 saturated heterocycles. The van der Waals surface area contributed by atoms with Crippen LogP contribution in [0, 0.1) is 5.82 Å². The summed E-state index contributed by atoms with van der Waals surface area (Å²) < 4.78 is 18.7. The molecule has 0 spiro atoms. The highest BCUT2D eigenvalue weighted by Gasteiger charge is 2.07. The monoisotopic (exact) mass is 308 g/mol. The summed E-state index contributed by atoms with van der Waals surface area (Å²) in [6, 6.07) is 8.18. The van der Waals surface area contributed by atoms with Crippen molar-refractivity contribution in [2.75, 3.05) is 6.54 Å². The summed E-state index contributed by atoms with van der Waals surface area (Å²) in [5, 5.41) is 3.41. The molecule has 0 radical (unpaired) electrons. The summed E-state index contributed by atoms with van der Waals surface area (Å²) in [4.78, 5) is 4.37. The maximum Gasteiger partial charge on any atom is 0.145 e. The number of halogens is 2. The van der Waals surface area contributed by atoms with Gasteiger partial charge >= 0.3 is 0 Å². The summed E-state index contributed by atoms with van der Waals surface area (Å²) in [7, 11) is 0. The molecule has 3 nitrogen and oxygen atoms in total. The van der Waals surface area contributed by atoms with E-state index in [1.807, 2.05) is 12.1 Å². The predicted molar refractivity (Wildman–Crippen MR) is 82.4 cm³/mol. The Morgan fingerprint density at radius 1 is 1.29 bits per heavy atom. The van der Waals surface area contributed by atoms with Gasteiger partial charge in [-0.05, 0) is 44.2 Å². The van der Waals surface area contributed by atoms with Gasteiger partial charge in [-0.3, -0.25) is 4.98 Å². The molecule has 1 atom stereocenters. The summed E-state index contributed by atoms with van der Waals surface area (Å²) >= 11 is 5.72. The van der Waals surface area contributed by atoms with E-state index in [4.69, 9.17) is 16.3 Å². The average Bonchev–Trinajstić information content (AvgIpc) is 2.49. The number of hydrogen-bond acceptors (Lipinski definition) is 3. The highest BCUT2D eigenvalue weighted by molar-refractivity contribution is 6.30. The molecule has 0 saturated carbocycles. The van der Waals surface area contributed by atoms with Crippen LogP contribution in [0.2, 0.25) is 5.02 Å². The number of nitrogens with zero attached hydrogens (tertiary/aromatic N) is 1. The first-order valence-corrected chi connectivity index (χ1v) is 7.30. The van der Waals surface area contributed by atoms with Crippen molar-refractivity contribution in [2.45, 2.75) is 26.3 Å². The third-order valence-electron chi connectivity index (χ3n) is 3.03. The SMILES string of the molecule is CCCNC(C)c1ccc(Oc2ccc(F)c(Cl)c2)cn1. The Morgan fingerprint density at radius 2 is 2.05 bits per heavy atom. The molecule has 1 heterocycles. The lowest BCUT2D eigenvalue weighted by molar-refractivity contribution is 0.476. The van der Waals surface area contributed by atoms with E-state index in [0.29, 0.717) is 11.5 Å². The molecule has 2 rings (SSSR count). The van der Waals surface area contributed by atoms with E-state index in [2.05, 4.69) is 24.1 Å². The Labute approximate surface area is 129 Å². The minimum absolute atomic E-state index is 0.0365. The lowest BCUT2D eigenvalue weighted by Gasteiger charge is -2.13. The van der Waals surface area contributed by atoms with E-state index >= 15 is 0 Å². The molecular weight excluding hydrogens is 291 g/mol. The van der Waals surface area contributed by atoms with Gasteiger partial charge in [0.05, 0.1) is 16.9 Å². The zero-order valence-electron chi connectivity index (χ0n) is 12.1. The third-order valence-corrected chi connectivity index (χ3v) is 3.32. The minimum Gasteiger partial charge on any atom is -0.456 e. The molecule has 0 amide bonds. The Morgan fingerprint density at radius 3 is 2.67 bits per heavy atom. The molecule has 0 fully saturated rings. The highest BCUT2D eigenvalue weighted by atomic mass is 35.5. The van der Waals surface area contributed by atoms with Crippen molar-refractivity contribution >= 4 is 11.6 Å². The summed E-state index contributed by atoms with van der Waals surface area (Å²) in [5.41, 5.74) is 0.952. The van der Waals surface area contributed by atoms with Crippen LogP contribution in [0.5, 0.6) is 11.5 Å². The van der Waals surface area contributed by atoms with Gasteiger partial charge in [0.2, 0.25) is 0 Å². The Hall–Kier alpha value is -1.65. The van der Waals surface area contributed by atoms with E-state index in [-0.39, 0.29) is 11.1 Å². The van der Waals surface area contributed by atoms with Gasteiger partial charge in [0, 0.05) is 12.1 Å². The number of nitrogens with one attached hydrogen (secondary N) is 1. The molecule has 1 aromatic heterocycles. The fourth-order valence-electron chi connectivity index (χ4n) is 1.85. The van der Waals surface area contributed by atoms with Gasteiger partial charge < -0.3 is 10.1 Å². The highest BCUT2D eigenvalue weighted by Crippen LogP contribution is 2.26. The van der Waals surface area contributed by atoms with Crippen molar-refractivity contribution in [1.29, 1.82) is 0 Å². The van der Waals surface area contributed by atoms with Crippen molar-refractivity contribution < 1.29 is 9.13 Å². The lowest BCUT2D eigenvalue weighted by atomic mass is 10.2. The fourth-order valence-corrected chi connectivity index (χ4v) is 2.02. The molecule has 2 aromatic rings. The number of rotatable bonds is 6. The van der Waals surface area contributed by atoms with Gasteiger partial charge in [-0.2, -0.15) is 0 Å². The van der Waals surface area contributed by atoms with Crippen LogP contribution in [0.25, 0.3) is 0 Å². The summed E-state index contributed by atoms with van der Waals surface area (Å²) in [6.07, 6.45) is 2.73. The number of pyridine rings is 1. The number of hydrogen-bond donors (Lipinski definition) is 1. The van der Waals surface area contributed by atoms with Crippen molar-refractivity contribution in [2.24, 2.45) is 0 Å². The topological polar surface area (TPSA) is 34.1 Å². The van der Waals surface area contributed by atoms with Crippen LogP contribution in [-0.2, 0) is 0 Å². The molecule has 1 aromatic carbocycles. The fraction of sp³-hybridized carbons (Fsp3) is 0.312. The van der Waals surface area contributed by atoms with Crippen LogP contribution in [0.4, 0.5) is 4.39 Å². The molecule has 0 aliphatic carbocycles. The average molecular weight is 309 g/mol. The smallest absolute Gasteiger partial charge is 0.145 e. The maximum absolute atomic E-state index is 13.1. The van der Waals surface area contributed by atoms with Gasteiger partial charge in [-0.15, -0.1) is 0 Å². The normalized spacial score (nSPS) is 12.2. The first kappa shape index (κ1) is 15.7. The first-order chi connectivity index (χ1) is 10.1. The molecule has 5 heteroatoms. The second-order valence-electron chi connectivity index (χ2n) is 4.77. The molecule has 1 unspecified atom stereocenters. The van der Waals surface area contributed by atoms with Gasteiger partial charge in [0.1, 0.15) is 17.3 Å². The van der Waals surface area contributed by atoms with E-state index < -0.39 is 5.82 Å². The second-order valence-corrected chi connectivity index (χ2v) is 5.18. The van der Waals surface area contributed by atoms with Crippen molar-refractivity contribution in [3.63, 3.8) is 0 Å². The molecule has 0 aliphatic heterocycles. The van der Waals surface area contributed by atoms with E-state index in [1.165, 1.54) is 18.2 Å². The lowest BCUT2D eigenvalue weighted by Crippen LogP contribution is -2.20. The van der Waals surface area contributed by atoms with E-state index in [0.717, 1.165) is 18.7 Å². The van der Waals surface area contributed by atoms with Gasteiger partial charge in [0.15, 0.2) is 0 Å². The number of benzene rings is 1. The Kier molecular flexibility index (Phi) is 5.53. The molecule has 112 valence electrons. The zero-order valence-corrected chi connectivity index (χ0v) is 12.8. The maximum atomic E-state index is 13.1. The van der Waals surface area contributed by atoms with Crippen molar-refractivity contribution in [3.8, 4) is 11.5 Å². The van der Waals surface area contributed by atoms with E-state index in [1.54, 1.807) is 6.20 Å². The Bertz CT molecular complexity index is 589. The molecule has 1 N–H and O–H groups in total. The van der Waals surface area contributed by atoms with Crippen LogP contribution in [0.1, 0.15) is 32.0 Å². The zero-order chi connectivity index (χ0) is 15.2. The van der Waals surface area contributed by atoms with Crippen LogP contribution in [0.15, 0.2) is 36.5 Å². The predicted octanol–water partition coefficient (Wildman–Crippen LogP) is 4.73. The number of aromatic nitrogens is 1. The summed E-state index contributed by atoms with van der Waals surface area (Å²) in [5.74, 6) is 0.602. The first-order valence-electron chi connectivity index (χ1n) is 6.92. The van der Waals surface area contributed by atoms with E-state index in [9.17, 15) is 4.39 Å². The van der Waals surface area contributed by atoms with Gasteiger partial charge in [-0.25, -0.2) is 4.39 Å². The minimum atomic E-state index is -0.465. The van der Waals surface area contributed by atoms with Crippen LogP contribution in [-0.4, -0.2) is 11.5 Å². The third kappa shape index (κ3) is 4.41.